The van der Waals surface area contributed by atoms with Crippen molar-refractivity contribution in [3.8, 4) is 0 Å². The molecule has 0 bridgehead atoms. The van der Waals surface area contributed by atoms with Crippen molar-refractivity contribution in [3.05, 3.63) is 29.8 Å². The van der Waals surface area contributed by atoms with Crippen LogP contribution in [-0.2, 0) is 20.7 Å². The molecule has 0 saturated carbocycles. The number of nitrogens with one attached hydrogen (secondary N) is 1. The van der Waals surface area contributed by atoms with Gasteiger partial charge in [0.1, 0.15) is 0 Å². The Bertz CT molecular complexity index is 716. The van der Waals surface area contributed by atoms with Crippen LogP contribution in [0.25, 0.3) is 0 Å². The number of amides is 1. The first-order valence-electron chi connectivity index (χ1n) is 11.2. The Labute approximate surface area is 203 Å². The van der Waals surface area contributed by atoms with Gasteiger partial charge in [-0.2, -0.15) is 0 Å². The second kappa shape index (κ2) is 13.9. The number of methoxy groups -OCH3 is 1. The van der Waals surface area contributed by atoms with Crippen molar-refractivity contribution in [3.63, 3.8) is 0 Å². The van der Waals surface area contributed by atoms with Crippen LogP contribution in [0.4, 0.5) is 5.69 Å². The number of hydrogen-bond donors (Lipinski definition) is 1. The van der Waals surface area contributed by atoms with Crippen molar-refractivity contribution >= 4 is 41.5 Å². The maximum atomic E-state index is 12.7. The summed E-state index contributed by atoms with van der Waals surface area (Å²) in [4.78, 5) is 21.7. The second-order valence-corrected chi connectivity index (χ2v) is 7.93. The topological polar surface area (TPSA) is 66.4 Å². The Morgan fingerprint density at radius 3 is 2.90 bits per heavy atom. The lowest BCUT2D eigenvalue weighted by Gasteiger charge is -2.22. The molecule has 0 aliphatic carbocycles. The smallest absolute Gasteiger partial charge is 0.227 e. The van der Waals surface area contributed by atoms with Crippen LogP contribution in [0, 0.1) is 5.92 Å². The molecule has 8 heteroatoms. The predicted molar refractivity (Wildman–Crippen MR) is 136 cm³/mol. The summed E-state index contributed by atoms with van der Waals surface area (Å²) in [5.74, 6) is 1.69. The van der Waals surface area contributed by atoms with E-state index < -0.39 is 0 Å². The van der Waals surface area contributed by atoms with Crippen molar-refractivity contribution in [2.24, 2.45) is 10.9 Å². The minimum atomic E-state index is 0. The number of likely N-dealkylation sites (tertiary alicyclic amines) is 1. The van der Waals surface area contributed by atoms with E-state index >= 15 is 0 Å². The number of halogens is 1. The summed E-state index contributed by atoms with van der Waals surface area (Å²) in [6.45, 7) is 8.40. The van der Waals surface area contributed by atoms with Crippen LogP contribution in [0.2, 0.25) is 0 Å². The lowest BCUT2D eigenvalue weighted by atomic mass is 10.1. The molecule has 2 heterocycles. The maximum Gasteiger partial charge on any atom is 0.227 e. The minimum absolute atomic E-state index is 0. The number of nitrogens with zero attached hydrogens (tertiary/aromatic N) is 3. The molecule has 1 unspecified atom stereocenters. The summed E-state index contributed by atoms with van der Waals surface area (Å²) in [6.07, 6.45) is 3.37. The van der Waals surface area contributed by atoms with Crippen LogP contribution >= 0.6 is 24.0 Å². The van der Waals surface area contributed by atoms with Crippen molar-refractivity contribution in [1.82, 2.24) is 10.2 Å². The number of rotatable bonds is 10. The third-order valence-electron chi connectivity index (χ3n) is 5.70. The van der Waals surface area contributed by atoms with E-state index in [-0.39, 0.29) is 29.9 Å². The molecule has 174 valence electrons. The van der Waals surface area contributed by atoms with Gasteiger partial charge in [0.05, 0.1) is 19.8 Å². The van der Waals surface area contributed by atoms with Gasteiger partial charge in [-0.3, -0.25) is 9.79 Å². The zero-order valence-electron chi connectivity index (χ0n) is 18.8. The summed E-state index contributed by atoms with van der Waals surface area (Å²) in [5.41, 5.74) is 2.35. The zero-order chi connectivity index (χ0) is 21.2. The zero-order valence-corrected chi connectivity index (χ0v) is 21.2. The van der Waals surface area contributed by atoms with E-state index in [9.17, 15) is 4.79 Å². The molecule has 2 aliphatic heterocycles. The number of guanidine groups is 1. The normalized spacial score (nSPS) is 18.1. The van der Waals surface area contributed by atoms with E-state index in [0.717, 1.165) is 63.7 Å². The average molecular weight is 544 g/mol. The fourth-order valence-electron chi connectivity index (χ4n) is 4.13. The monoisotopic (exact) mass is 544 g/mol. The molecule has 0 aromatic heterocycles. The number of aliphatic imine (C=N–C) groups is 1. The van der Waals surface area contributed by atoms with Gasteiger partial charge in [0, 0.05) is 57.9 Å². The number of carbonyl (C=O) groups is 1. The van der Waals surface area contributed by atoms with Gasteiger partial charge in [0.25, 0.3) is 0 Å². The standard InChI is InChI=1S/C23H36N4O3.HI/c1-3-24-23(26-13-10-19(17-26)18-30-16-15-29-2)25-12-6-9-22(28)27-14-11-20-7-4-5-8-21(20)27;/h4-5,7-8,19H,3,6,9-18H2,1-2H3,(H,24,25);1H. The van der Waals surface area contributed by atoms with Gasteiger partial charge in [-0.15, -0.1) is 24.0 Å². The van der Waals surface area contributed by atoms with E-state index in [0.29, 0.717) is 32.1 Å². The minimum Gasteiger partial charge on any atom is -0.382 e. The van der Waals surface area contributed by atoms with Gasteiger partial charge in [-0.1, -0.05) is 18.2 Å². The van der Waals surface area contributed by atoms with Gasteiger partial charge in [0.2, 0.25) is 5.91 Å². The van der Waals surface area contributed by atoms with Gasteiger partial charge < -0.3 is 24.6 Å². The number of hydrogen-bond acceptors (Lipinski definition) is 4. The molecular formula is C23H37IN4O3. The first-order chi connectivity index (χ1) is 14.7. The van der Waals surface area contributed by atoms with E-state index in [1.807, 2.05) is 23.1 Å². The van der Waals surface area contributed by atoms with Gasteiger partial charge in [-0.25, -0.2) is 0 Å². The van der Waals surface area contributed by atoms with Crippen molar-refractivity contribution in [2.45, 2.75) is 32.6 Å². The highest BCUT2D eigenvalue weighted by molar-refractivity contribution is 14.0. The molecule has 1 N–H and O–H groups in total. The number of benzene rings is 1. The highest BCUT2D eigenvalue weighted by Gasteiger charge is 2.25. The first-order valence-corrected chi connectivity index (χ1v) is 11.2. The number of para-hydroxylation sites is 1. The predicted octanol–water partition coefficient (Wildman–Crippen LogP) is 2.92. The molecule has 1 fully saturated rings. The van der Waals surface area contributed by atoms with Crippen molar-refractivity contribution < 1.29 is 14.3 Å². The highest BCUT2D eigenvalue weighted by Crippen LogP contribution is 2.28. The molecule has 1 aromatic rings. The van der Waals surface area contributed by atoms with Gasteiger partial charge in [0.15, 0.2) is 5.96 Å². The molecule has 1 saturated heterocycles. The van der Waals surface area contributed by atoms with E-state index in [1.54, 1.807) is 7.11 Å². The van der Waals surface area contributed by atoms with Crippen molar-refractivity contribution in [1.29, 1.82) is 0 Å². The highest BCUT2D eigenvalue weighted by atomic mass is 127. The van der Waals surface area contributed by atoms with Crippen molar-refractivity contribution in [2.75, 3.05) is 64.6 Å². The number of ether oxygens (including phenoxy) is 2. The van der Waals surface area contributed by atoms with Crippen LogP contribution in [0.3, 0.4) is 0 Å². The number of anilines is 1. The number of fused-ring (bicyclic) bond motifs is 1. The largest absolute Gasteiger partial charge is 0.382 e. The van der Waals surface area contributed by atoms with Crippen LogP contribution in [0.5, 0.6) is 0 Å². The Hall–Kier alpha value is -1.39. The van der Waals surface area contributed by atoms with Gasteiger partial charge in [-0.05, 0) is 37.8 Å². The SMILES string of the molecule is CCNC(=NCCCC(=O)N1CCc2ccccc21)N1CCC(COCCOC)C1.I. The molecule has 0 spiro atoms. The Morgan fingerprint density at radius 2 is 2.10 bits per heavy atom. The van der Waals surface area contributed by atoms with E-state index in [1.165, 1.54) is 5.56 Å². The average Bonchev–Trinajstić information content (AvgIpc) is 3.40. The molecule has 1 aromatic carbocycles. The number of carbonyl (C=O) groups excluding carboxylic acids is 1. The second-order valence-electron chi connectivity index (χ2n) is 7.93. The van der Waals surface area contributed by atoms with E-state index in [4.69, 9.17) is 14.5 Å². The summed E-state index contributed by atoms with van der Waals surface area (Å²) in [5, 5.41) is 3.40. The molecule has 2 aliphatic rings. The van der Waals surface area contributed by atoms with Crippen LogP contribution < -0.4 is 10.2 Å². The summed E-state index contributed by atoms with van der Waals surface area (Å²) >= 11 is 0. The lowest BCUT2D eigenvalue weighted by molar-refractivity contribution is -0.118. The summed E-state index contributed by atoms with van der Waals surface area (Å²) in [7, 11) is 1.69. The first kappa shape index (κ1) is 25.9. The fraction of sp³-hybridized carbons (Fsp3) is 0.652. The molecule has 7 nitrogen and oxygen atoms in total. The molecule has 31 heavy (non-hydrogen) atoms. The molecule has 1 amide bonds. The Balaban J connectivity index is 0.00000341. The van der Waals surface area contributed by atoms with Crippen LogP contribution in [0.15, 0.2) is 29.3 Å². The molecule has 1 atom stereocenters. The molecule has 0 radical (unpaired) electrons. The van der Waals surface area contributed by atoms with Crippen LogP contribution in [-0.4, -0.2) is 76.4 Å². The molecule has 3 rings (SSSR count). The molecular weight excluding hydrogens is 507 g/mol. The van der Waals surface area contributed by atoms with Gasteiger partial charge >= 0.3 is 0 Å². The Kier molecular flexibility index (Phi) is 11.6. The Morgan fingerprint density at radius 1 is 1.26 bits per heavy atom. The third kappa shape index (κ3) is 7.61. The van der Waals surface area contributed by atoms with Crippen LogP contribution in [0.1, 0.15) is 31.7 Å². The quantitative estimate of drug-likeness (QED) is 0.213. The summed E-state index contributed by atoms with van der Waals surface area (Å²) in [6, 6.07) is 8.20. The lowest BCUT2D eigenvalue weighted by Crippen LogP contribution is -2.40. The van der Waals surface area contributed by atoms with E-state index in [2.05, 4.69) is 23.2 Å². The maximum absolute atomic E-state index is 12.7. The summed E-state index contributed by atoms with van der Waals surface area (Å²) < 4.78 is 10.7. The third-order valence-corrected chi connectivity index (χ3v) is 5.70. The fourth-order valence-corrected chi connectivity index (χ4v) is 4.13.